The molecule has 1 aliphatic heterocycles. The number of carbonyl (C=O) groups is 2. The molecular weight excluding hydrogens is 481 g/mol. The lowest BCUT2D eigenvalue weighted by Crippen LogP contribution is -2.55. The predicted molar refractivity (Wildman–Crippen MR) is 133 cm³/mol. The molecule has 0 radical (unpaired) electrons. The third-order valence-electron chi connectivity index (χ3n) is 6.44. The van der Waals surface area contributed by atoms with Gasteiger partial charge in [-0.1, -0.05) is 54.6 Å². The average Bonchev–Trinajstić information content (AvgIpc) is 3.34. The summed E-state index contributed by atoms with van der Waals surface area (Å²) in [5.74, 6) is -1.14. The van der Waals surface area contributed by atoms with Crippen molar-refractivity contribution in [2.75, 3.05) is 11.4 Å². The highest BCUT2D eigenvalue weighted by atomic mass is 19.4. The lowest BCUT2D eigenvalue weighted by molar-refractivity contribution is -0.137. The van der Waals surface area contributed by atoms with E-state index in [1.807, 2.05) is 67.6 Å². The molecule has 2 amide bonds. The zero-order chi connectivity index (χ0) is 26.2. The molecule has 2 heterocycles. The topological polar surface area (TPSA) is 67.2 Å². The van der Waals surface area contributed by atoms with Gasteiger partial charge in [0.2, 0.25) is 0 Å². The number of aromatic nitrogens is 2. The van der Waals surface area contributed by atoms with Gasteiger partial charge in [0.25, 0.3) is 11.8 Å². The molecule has 4 aromatic rings. The average molecular weight is 505 g/mol. The SMILES string of the molecule is CCN1C(=O)C(NC(=O)c2cccc(C(F)(F)F)c2)C(c2ccccc2)c2cnn(-c3ccccc3)c21. The molecule has 2 atom stereocenters. The van der Waals surface area contributed by atoms with E-state index in [1.54, 1.807) is 15.8 Å². The number of carbonyl (C=O) groups excluding carboxylic acids is 2. The summed E-state index contributed by atoms with van der Waals surface area (Å²) >= 11 is 0. The summed E-state index contributed by atoms with van der Waals surface area (Å²) in [7, 11) is 0. The van der Waals surface area contributed by atoms with Gasteiger partial charge < -0.3 is 5.32 Å². The summed E-state index contributed by atoms with van der Waals surface area (Å²) in [5.41, 5.74) is 1.16. The minimum atomic E-state index is -4.59. The normalized spacial score (nSPS) is 17.4. The second kappa shape index (κ2) is 9.57. The van der Waals surface area contributed by atoms with Gasteiger partial charge in [0, 0.05) is 23.6 Å². The van der Waals surface area contributed by atoms with Crippen molar-refractivity contribution >= 4 is 17.6 Å². The van der Waals surface area contributed by atoms with Crippen LogP contribution in [0.4, 0.5) is 19.0 Å². The van der Waals surface area contributed by atoms with Gasteiger partial charge in [-0.2, -0.15) is 18.3 Å². The first-order chi connectivity index (χ1) is 17.8. The van der Waals surface area contributed by atoms with Gasteiger partial charge >= 0.3 is 6.18 Å². The maximum atomic E-state index is 13.9. The number of rotatable bonds is 5. The molecule has 1 aliphatic rings. The van der Waals surface area contributed by atoms with Crippen molar-refractivity contribution in [1.82, 2.24) is 15.1 Å². The van der Waals surface area contributed by atoms with Gasteiger partial charge in [-0.25, -0.2) is 4.68 Å². The first kappa shape index (κ1) is 24.3. The monoisotopic (exact) mass is 504 g/mol. The number of nitrogens with one attached hydrogen (secondary N) is 1. The van der Waals surface area contributed by atoms with Crippen LogP contribution in [-0.4, -0.2) is 34.2 Å². The van der Waals surface area contributed by atoms with E-state index in [1.165, 1.54) is 12.1 Å². The van der Waals surface area contributed by atoms with Crippen LogP contribution < -0.4 is 10.2 Å². The number of benzene rings is 3. The molecule has 0 saturated heterocycles. The van der Waals surface area contributed by atoms with Crippen molar-refractivity contribution in [1.29, 1.82) is 0 Å². The summed E-state index contributed by atoms with van der Waals surface area (Å²) in [6.45, 7) is 2.13. The van der Waals surface area contributed by atoms with E-state index >= 15 is 0 Å². The van der Waals surface area contributed by atoms with Crippen LogP contribution in [0.3, 0.4) is 0 Å². The van der Waals surface area contributed by atoms with Crippen molar-refractivity contribution in [3.05, 3.63) is 113 Å². The fourth-order valence-electron chi connectivity index (χ4n) is 4.74. The summed E-state index contributed by atoms with van der Waals surface area (Å²) in [4.78, 5) is 28.6. The minimum Gasteiger partial charge on any atom is -0.339 e. The Balaban J connectivity index is 1.60. The summed E-state index contributed by atoms with van der Waals surface area (Å²) in [5, 5.41) is 7.30. The highest BCUT2D eigenvalue weighted by Gasteiger charge is 2.44. The van der Waals surface area contributed by atoms with Crippen molar-refractivity contribution in [3.63, 3.8) is 0 Å². The highest BCUT2D eigenvalue weighted by molar-refractivity contribution is 6.05. The molecule has 1 aromatic heterocycles. The molecule has 0 aliphatic carbocycles. The van der Waals surface area contributed by atoms with Crippen LogP contribution in [0.2, 0.25) is 0 Å². The molecule has 6 nitrogen and oxygen atoms in total. The van der Waals surface area contributed by atoms with E-state index < -0.39 is 29.6 Å². The number of likely N-dealkylation sites (N-methyl/N-ethyl adjacent to an activating group) is 1. The fraction of sp³-hybridized carbons (Fsp3) is 0.179. The van der Waals surface area contributed by atoms with Crippen LogP contribution in [-0.2, 0) is 11.0 Å². The second-order valence-corrected chi connectivity index (χ2v) is 8.67. The van der Waals surface area contributed by atoms with E-state index in [-0.39, 0.29) is 11.5 Å². The van der Waals surface area contributed by atoms with Crippen LogP contribution in [0.15, 0.2) is 91.1 Å². The van der Waals surface area contributed by atoms with Crippen LogP contribution in [0.25, 0.3) is 5.69 Å². The van der Waals surface area contributed by atoms with Crippen molar-refractivity contribution in [2.24, 2.45) is 0 Å². The molecule has 3 aromatic carbocycles. The molecule has 0 bridgehead atoms. The largest absolute Gasteiger partial charge is 0.416 e. The number of halogens is 3. The summed E-state index contributed by atoms with van der Waals surface area (Å²) < 4.78 is 41.4. The highest BCUT2D eigenvalue weighted by Crippen LogP contribution is 2.41. The van der Waals surface area contributed by atoms with E-state index in [4.69, 9.17) is 0 Å². The van der Waals surface area contributed by atoms with Gasteiger partial charge in [0.05, 0.1) is 17.4 Å². The number of fused-ring (bicyclic) bond motifs is 1. The predicted octanol–water partition coefficient (Wildman–Crippen LogP) is 5.19. The minimum absolute atomic E-state index is 0.178. The van der Waals surface area contributed by atoms with E-state index in [2.05, 4.69) is 10.4 Å². The van der Waals surface area contributed by atoms with Gasteiger partial charge in [-0.05, 0) is 42.8 Å². The summed E-state index contributed by atoms with van der Waals surface area (Å²) in [6, 6.07) is 21.7. The summed E-state index contributed by atoms with van der Waals surface area (Å²) in [6.07, 6.45) is -2.91. The van der Waals surface area contributed by atoms with E-state index in [0.29, 0.717) is 12.4 Å². The first-order valence-corrected chi connectivity index (χ1v) is 11.8. The Hall–Kier alpha value is -4.40. The number of amides is 2. The third-order valence-corrected chi connectivity index (χ3v) is 6.44. The molecule has 188 valence electrons. The number of hydrogen-bond donors (Lipinski definition) is 1. The zero-order valence-corrected chi connectivity index (χ0v) is 19.8. The molecule has 0 spiro atoms. The Morgan fingerprint density at radius 3 is 2.30 bits per heavy atom. The molecule has 9 heteroatoms. The van der Waals surface area contributed by atoms with Gasteiger partial charge in [0.1, 0.15) is 11.9 Å². The zero-order valence-electron chi connectivity index (χ0n) is 19.8. The number of hydrogen-bond acceptors (Lipinski definition) is 3. The van der Waals surface area contributed by atoms with Gasteiger partial charge in [-0.3, -0.25) is 14.5 Å². The Kier molecular flexibility index (Phi) is 6.29. The third kappa shape index (κ3) is 4.48. The fourth-order valence-corrected chi connectivity index (χ4v) is 4.74. The van der Waals surface area contributed by atoms with Gasteiger partial charge in [-0.15, -0.1) is 0 Å². The smallest absolute Gasteiger partial charge is 0.339 e. The standard InChI is InChI=1S/C28H23F3N4O2/c1-2-34-26-22(17-32-35(26)21-14-7-4-8-15-21)23(18-10-5-3-6-11-18)24(27(34)37)33-25(36)19-12-9-13-20(16-19)28(29,30)31/h3-17,23-24H,2H2,1H3,(H,33,36). The second-order valence-electron chi connectivity index (χ2n) is 8.67. The first-order valence-electron chi connectivity index (χ1n) is 11.8. The molecule has 2 unspecified atom stereocenters. The Morgan fingerprint density at radius 2 is 1.65 bits per heavy atom. The van der Waals surface area contributed by atoms with Crippen LogP contribution >= 0.6 is 0 Å². The van der Waals surface area contributed by atoms with Gasteiger partial charge in [0.15, 0.2) is 0 Å². The number of alkyl halides is 3. The maximum Gasteiger partial charge on any atom is 0.416 e. The Morgan fingerprint density at radius 1 is 0.973 bits per heavy atom. The number of para-hydroxylation sites is 1. The van der Waals surface area contributed by atoms with Crippen molar-refractivity contribution in [3.8, 4) is 5.69 Å². The number of anilines is 1. The van der Waals surface area contributed by atoms with E-state index in [0.717, 1.165) is 28.9 Å². The molecular formula is C28H23F3N4O2. The molecule has 0 saturated carbocycles. The maximum absolute atomic E-state index is 13.9. The lowest BCUT2D eigenvalue weighted by Gasteiger charge is -2.38. The Labute approximate surface area is 211 Å². The molecule has 37 heavy (non-hydrogen) atoms. The molecule has 0 fully saturated rings. The molecule has 5 rings (SSSR count). The van der Waals surface area contributed by atoms with E-state index in [9.17, 15) is 22.8 Å². The quantitative estimate of drug-likeness (QED) is 0.407. The van der Waals surface area contributed by atoms with Crippen LogP contribution in [0.1, 0.15) is 39.9 Å². The Bertz CT molecular complexity index is 1430. The van der Waals surface area contributed by atoms with Crippen LogP contribution in [0, 0.1) is 0 Å². The molecule has 1 N–H and O–H groups in total. The number of nitrogens with zero attached hydrogens (tertiary/aromatic N) is 3. The van der Waals surface area contributed by atoms with Crippen molar-refractivity contribution < 1.29 is 22.8 Å². The lowest BCUT2D eigenvalue weighted by atomic mass is 9.82. The van der Waals surface area contributed by atoms with Crippen LogP contribution in [0.5, 0.6) is 0 Å². The van der Waals surface area contributed by atoms with Crippen molar-refractivity contribution in [2.45, 2.75) is 25.1 Å².